The van der Waals surface area contributed by atoms with E-state index < -0.39 is 10.0 Å². The smallest absolute Gasteiger partial charge is 0.265 e. The number of nitrogens with zero attached hydrogens (tertiary/aromatic N) is 1. The van der Waals surface area contributed by atoms with Crippen molar-refractivity contribution in [1.82, 2.24) is 4.98 Å². The van der Waals surface area contributed by atoms with Gasteiger partial charge >= 0.3 is 0 Å². The molecule has 0 bridgehead atoms. The number of benzene rings is 2. The van der Waals surface area contributed by atoms with Crippen molar-refractivity contribution in [2.45, 2.75) is 4.90 Å². The Morgan fingerprint density at radius 1 is 0.897 bits per heavy atom. The van der Waals surface area contributed by atoms with Gasteiger partial charge in [0.2, 0.25) is 0 Å². The summed E-state index contributed by atoms with van der Waals surface area (Å²) in [6.07, 6.45) is 3.00. The summed E-state index contributed by atoms with van der Waals surface area (Å²) in [4.78, 5) is 16.1. The molecule has 0 saturated heterocycles. The Kier molecular flexibility index (Phi) is 5.99. The number of amides is 1. The molecular weight excluding hydrogens is 394 g/mol. The zero-order valence-corrected chi connectivity index (χ0v) is 16.6. The summed E-state index contributed by atoms with van der Waals surface area (Å²) >= 11 is 0. The van der Waals surface area contributed by atoms with Crippen molar-refractivity contribution in [2.24, 2.45) is 0 Å². The van der Waals surface area contributed by atoms with Gasteiger partial charge in [-0.3, -0.25) is 14.5 Å². The van der Waals surface area contributed by atoms with Crippen LogP contribution in [0.1, 0.15) is 10.4 Å². The fourth-order valence-electron chi connectivity index (χ4n) is 2.54. The van der Waals surface area contributed by atoms with Gasteiger partial charge in [-0.05, 0) is 54.6 Å². The van der Waals surface area contributed by atoms with Crippen LogP contribution in [-0.4, -0.2) is 33.5 Å². The molecule has 150 valence electrons. The van der Waals surface area contributed by atoms with Crippen molar-refractivity contribution < 1.29 is 22.7 Å². The number of pyridine rings is 1. The van der Waals surface area contributed by atoms with Gasteiger partial charge in [0.05, 0.1) is 14.2 Å². The maximum Gasteiger partial charge on any atom is 0.265 e. The van der Waals surface area contributed by atoms with E-state index in [0.717, 1.165) is 0 Å². The summed E-state index contributed by atoms with van der Waals surface area (Å²) in [5.74, 6) is 0.364. The van der Waals surface area contributed by atoms with E-state index in [1.54, 1.807) is 42.5 Å². The van der Waals surface area contributed by atoms with Crippen molar-refractivity contribution in [2.75, 3.05) is 24.3 Å². The van der Waals surface area contributed by atoms with Gasteiger partial charge in [0.1, 0.15) is 16.4 Å². The van der Waals surface area contributed by atoms with E-state index in [1.807, 2.05) is 0 Å². The third-order valence-corrected chi connectivity index (χ3v) is 5.40. The second-order valence-electron chi connectivity index (χ2n) is 5.89. The Morgan fingerprint density at radius 2 is 1.55 bits per heavy atom. The molecule has 8 nitrogen and oxygen atoms in total. The summed E-state index contributed by atoms with van der Waals surface area (Å²) in [6, 6.07) is 13.9. The topological polar surface area (TPSA) is 107 Å². The van der Waals surface area contributed by atoms with Crippen molar-refractivity contribution >= 4 is 27.3 Å². The summed E-state index contributed by atoms with van der Waals surface area (Å²) in [6.45, 7) is 0. The normalized spacial score (nSPS) is 10.8. The first-order valence-corrected chi connectivity index (χ1v) is 9.97. The Balaban J connectivity index is 1.88. The molecule has 1 heterocycles. The predicted molar refractivity (Wildman–Crippen MR) is 109 cm³/mol. The van der Waals surface area contributed by atoms with Crippen LogP contribution < -0.4 is 19.5 Å². The number of hydrogen-bond acceptors (Lipinski definition) is 6. The number of carbonyl (C=O) groups is 1. The molecule has 0 unspecified atom stereocenters. The van der Waals surface area contributed by atoms with Crippen LogP contribution in [0.2, 0.25) is 0 Å². The highest BCUT2D eigenvalue weighted by Gasteiger charge is 2.21. The quantitative estimate of drug-likeness (QED) is 0.616. The highest BCUT2D eigenvalue weighted by molar-refractivity contribution is 7.92. The monoisotopic (exact) mass is 413 g/mol. The van der Waals surface area contributed by atoms with Crippen molar-refractivity contribution in [1.29, 1.82) is 0 Å². The molecule has 29 heavy (non-hydrogen) atoms. The van der Waals surface area contributed by atoms with Gasteiger partial charge in [-0.1, -0.05) is 0 Å². The fourth-order valence-corrected chi connectivity index (χ4v) is 3.79. The molecule has 1 aromatic heterocycles. The fraction of sp³-hybridized carbons (Fsp3) is 0.100. The molecule has 1 amide bonds. The number of anilines is 2. The van der Waals surface area contributed by atoms with E-state index in [2.05, 4.69) is 15.0 Å². The lowest BCUT2D eigenvalue weighted by molar-refractivity contribution is 0.102. The van der Waals surface area contributed by atoms with Crippen LogP contribution in [0, 0.1) is 0 Å². The van der Waals surface area contributed by atoms with Crippen molar-refractivity contribution in [3.8, 4) is 11.5 Å². The van der Waals surface area contributed by atoms with Gasteiger partial charge in [0.15, 0.2) is 0 Å². The van der Waals surface area contributed by atoms with Crippen molar-refractivity contribution in [3.05, 3.63) is 72.6 Å². The second-order valence-corrected chi connectivity index (χ2v) is 7.54. The largest absolute Gasteiger partial charge is 0.497 e. The summed E-state index contributed by atoms with van der Waals surface area (Å²) in [5.41, 5.74) is 1.07. The zero-order valence-electron chi connectivity index (χ0n) is 15.7. The standard InChI is InChI=1S/C20H19N3O5S/c1-27-17-6-3-15(4-7-17)23-29(25,26)19-13-16(5-8-18(19)28-2)22-20(24)14-9-11-21-12-10-14/h3-13,23H,1-2H3,(H,22,24). The molecule has 0 spiro atoms. The Labute approximate surface area is 168 Å². The molecule has 3 rings (SSSR count). The summed E-state index contributed by atoms with van der Waals surface area (Å²) < 4.78 is 38.5. The van der Waals surface area contributed by atoms with E-state index in [1.165, 1.54) is 38.7 Å². The first kappa shape index (κ1) is 20.2. The molecule has 0 aliphatic rings. The van der Waals surface area contributed by atoms with E-state index in [9.17, 15) is 13.2 Å². The SMILES string of the molecule is COc1ccc(NS(=O)(=O)c2cc(NC(=O)c3ccncc3)ccc2OC)cc1. The molecule has 0 fully saturated rings. The highest BCUT2D eigenvalue weighted by Crippen LogP contribution is 2.29. The molecule has 0 atom stereocenters. The molecule has 0 aliphatic heterocycles. The molecule has 0 saturated carbocycles. The average Bonchev–Trinajstić information content (AvgIpc) is 2.74. The van der Waals surface area contributed by atoms with Crippen molar-refractivity contribution in [3.63, 3.8) is 0 Å². The third-order valence-electron chi connectivity index (χ3n) is 4.00. The van der Waals surface area contributed by atoms with Gasteiger partial charge in [-0.2, -0.15) is 0 Å². The number of methoxy groups -OCH3 is 2. The van der Waals surface area contributed by atoms with E-state index in [-0.39, 0.29) is 16.6 Å². The van der Waals surface area contributed by atoms with Gasteiger partial charge in [0, 0.05) is 29.3 Å². The molecule has 0 radical (unpaired) electrons. The summed E-state index contributed by atoms with van der Waals surface area (Å²) in [7, 11) is -1.08. The Morgan fingerprint density at radius 3 is 2.17 bits per heavy atom. The molecule has 0 aliphatic carbocycles. The van der Waals surface area contributed by atoms with Crippen LogP contribution in [0.3, 0.4) is 0 Å². The van der Waals surface area contributed by atoms with E-state index in [0.29, 0.717) is 22.7 Å². The second kappa shape index (κ2) is 8.61. The number of ether oxygens (including phenoxy) is 2. The van der Waals surface area contributed by atoms with E-state index >= 15 is 0 Å². The predicted octanol–water partition coefficient (Wildman–Crippen LogP) is 3.15. The molecule has 2 N–H and O–H groups in total. The Hall–Kier alpha value is -3.59. The minimum atomic E-state index is -3.98. The Bertz CT molecular complexity index is 1100. The minimum Gasteiger partial charge on any atom is -0.497 e. The third kappa shape index (κ3) is 4.82. The number of sulfonamides is 1. The van der Waals surface area contributed by atoms with Crippen LogP contribution in [0.4, 0.5) is 11.4 Å². The van der Waals surface area contributed by atoms with Crippen LogP contribution in [0.5, 0.6) is 11.5 Å². The maximum atomic E-state index is 12.9. The maximum absolute atomic E-state index is 12.9. The van der Waals surface area contributed by atoms with Crippen LogP contribution in [0.15, 0.2) is 71.9 Å². The van der Waals surface area contributed by atoms with Gasteiger partial charge in [-0.15, -0.1) is 0 Å². The molecule has 9 heteroatoms. The summed E-state index contributed by atoms with van der Waals surface area (Å²) in [5, 5.41) is 2.67. The number of aromatic nitrogens is 1. The van der Waals surface area contributed by atoms with E-state index in [4.69, 9.17) is 9.47 Å². The van der Waals surface area contributed by atoms with Gasteiger partial charge in [0.25, 0.3) is 15.9 Å². The highest BCUT2D eigenvalue weighted by atomic mass is 32.2. The van der Waals surface area contributed by atoms with Crippen LogP contribution in [-0.2, 0) is 10.0 Å². The zero-order chi connectivity index (χ0) is 20.9. The number of nitrogens with one attached hydrogen (secondary N) is 2. The van der Waals surface area contributed by atoms with Gasteiger partial charge < -0.3 is 14.8 Å². The minimum absolute atomic E-state index is 0.108. The number of rotatable bonds is 7. The van der Waals surface area contributed by atoms with Gasteiger partial charge in [-0.25, -0.2) is 8.42 Å². The molecule has 3 aromatic rings. The van der Waals surface area contributed by atoms with Crippen LogP contribution in [0.25, 0.3) is 0 Å². The molecule has 2 aromatic carbocycles. The first-order valence-electron chi connectivity index (χ1n) is 8.49. The first-order chi connectivity index (χ1) is 13.9. The van der Waals surface area contributed by atoms with Crippen LogP contribution >= 0.6 is 0 Å². The number of carbonyl (C=O) groups excluding carboxylic acids is 1. The molecular formula is C20H19N3O5S. The average molecular weight is 413 g/mol. The lowest BCUT2D eigenvalue weighted by Gasteiger charge is -2.14. The lowest BCUT2D eigenvalue weighted by atomic mass is 10.2. The lowest BCUT2D eigenvalue weighted by Crippen LogP contribution is -2.16. The number of hydrogen-bond donors (Lipinski definition) is 2.